The van der Waals surface area contributed by atoms with Crippen molar-refractivity contribution in [3.63, 3.8) is 0 Å². The first-order valence-electron chi connectivity index (χ1n) is 11.5. The number of nitrogens with zero attached hydrogens (tertiary/aromatic N) is 3. The van der Waals surface area contributed by atoms with E-state index in [0.717, 1.165) is 29.7 Å². The van der Waals surface area contributed by atoms with E-state index in [-0.39, 0.29) is 29.9 Å². The Morgan fingerprint density at radius 3 is 2.92 bits per heavy atom. The highest BCUT2D eigenvalue weighted by Gasteiger charge is 2.29. The Morgan fingerprint density at radius 2 is 2.17 bits per heavy atom. The molecule has 0 spiro atoms. The fourth-order valence-electron chi connectivity index (χ4n) is 3.86. The van der Waals surface area contributed by atoms with Crippen molar-refractivity contribution in [2.75, 3.05) is 17.7 Å². The van der Waals surface area contributed by atoms with Gasteiger partial charge in [-0.05, 0) is 49.8 Å². The Balaban J connectivity index is 1.38. The number of ether oxygens (including phenoxy) is 2. The molecule has 1 atom stereocenters. The summed E-state index contributed by atoms with van der Waals surface area (Å²) >= 11 is 8.46. The molecular weight excluding hydrogens is 527 g/mol. The number of amides is 1. The number of hydrogen-bond donors (Lipinski definition) is 1. The molecule has 0 saturated heterocycles. The Bertz CT molecular complexity index is 1280. The molecule has 4 rings (SSSR count). The number of fused-ring (bicyclic) bond motifs is 1. The van der Waals surface area contributed by atoms with Gasteiger partial charge < -0.3 is 19.4 Å². The van der Waals surface area contributed by atoms with Crippen LogP contribution in [0.15, 0.2) is 23.4 Å². The highest BCUT2D eigenvalue weighted by Crippen LogP contribution is 2.40. The maximum atomic E-state index is 13.3. The predicted octanol–water partition coefficient (Wildman–Crippen LogP) is 5.28. The fraction of sp³-hybridized carbons (Fsp3) is 0.417. The van der Waals surface area contributed by atoms with Crippen molar-refractivity contribution in [3.05, 3.63) is 50.9 Å². The van der Waals surface area contributed by atoms with Gasteiger partial charge in [-0.1, -0.05) is 30.3 Å². The number of esters is 1. The summed E-state index contributed by atoms with van der Waals surface area (Å²) in [4.78, 5) is 26.6. The number of thioether (sulfide) groups is 1. The molecule has 3 aromatic rings. The highest BCUT2D eigenvalue weighted by atomic mass is 35.5. The van der Waals surface area contributed by atoms with E-state index in [2.05, 4.69) is 22.4 Å². The molecule has 0 aliphatic heterocycles. The average molecular weight is 553 g/mol. The van der Waals surface area contributed by atoms with E-state index in [4.69, 9.17) is 21.1 Å². The van der Waals surface area contributed by atoms with Crippen LogP contribution in [0.3, 0.4) is 0 Å². The quantitative estimate of drug-likeness (QED) is 0.285. The lowest BCUT2D eigenvalue weighted by Gasteiger charge is -2.18. The molecule has 1 aliphatic rings. The third-order valence-electron chi connectivity index (χ3n) is 5.76. The summed E-state index contributed by atoms with van der Waals surface area (Å²) in [5.41, 5.74) is 1.49. The molecule has 1 amide bonds. The van der Waals surface area contributed by atoms with Crippen molar-refractivity contribution >= 4 is 51.6 Å². The van der Waals surface area contributed by atoms with Crippen LogP contribution < -0.4 is 10.1 Å². The van der Waals surface area contributed by atoms with Gasteiger partial charge in [0.25, 0.3) is 0 Å². The lowest BCUT2D eigenvalue weighted by atomic mass is 9.88. The summed E-state index contributed by atoms with van der Waals surface area (Å²) in [6.07, 6.45) is 2.70. The van der Waals surface area contributed by atoms with Crippen LogP contribution in [0.1, 0.15) is 46.9 Å². The highest BCUT2D eigenvalue weighted by molar-refractivity contribution is 7.99. The van der Waals surface area contributed by atoms with Gasteiger partial charge in [-0.15, -0.1) is 21.5 Å². The van der Waals surface area contributed by atoms with Gasteiger partial charge in [-0.25, -0.2) is 9.18 Å². The molecule has 0 bridgehead atoms. The Morgan fingerprint density at radius 1 is 1.36 bits per heavy atom. The number of anilines is 1. The first-order chi connectivity index (χ1) is 17.3. The smallest absolute Gasteiger partial charge is 0.341 e. The molecule has 1 aliphatic carbocycles. The minimum atomic E-state index is -0.522. The fourth-order valence-corrected chi connectivity index (χ4v) is 6.18. The number of rotatable bonds is 9. The van der Waals surface area contributed by atoms with Gasteiger partial charge in [0.05, 0.1) is 22.9 Å². The molecule has 1 aromatic carbocycles. The standard InChI is InChI=1S/C24H26ClFN4O4S2/c1-4-33-23(32)21-15-7-5-13(2)9-18(15)36-22(21)27-20(31)12-35-24-29-28-19(30(24)3)11-34-14-6-8-17(26)16(25)10-14/h6,8,10,13H,4-5,7,9,11-12H2,1-3H3,(H,27,31). The van der Waals surface area contributed by atoms with E-state index in [0.29, 0.717) is 33.2 Å². The summed E-state index contributed by atoms with van der Waals surface area (Å²) in [5.74, 6) is 0.394. The second kappa shape index (κ2) is 11.6. The number of halogens is 2. The van der Waals surface area contributed by atoms with Gasteiger partial charge in [-0.3, -0.25) is 4.79 Å². The summed E-state index contributed by atoms with van der Waals surface area (Å²) in [6.45, 7) is 4.33. The molecule has 2 heterocycles. The number of hydrogen-bond acceptors (Lipinski definition) is 8. The SMILES string of the molecule is CCOC(=O)c1c(NC(=O)CSc2nnc(COc3ccc(F)c(Cl)c3)n2C)sc2c1CCC(C)C2. The van der Waals surface area contributed by atoms with Crippen LogP contribution in [-0.2, 0) is 36.0 Å². The van der Waals surface area contributed by atoms with E-state index in [9.17, 15) is 14.0 Å². The molecular formula is C24H26ClFN4O4S2. The maximum absolute atomic E-state index is 13.3. The number of thiophene rings is 1. The molecule has 1 N–H and O–H groups in total. The Kier molecular flexibility index (Phi) is 8.53. The molecule has 0 fully saturated rings. The average Bonchev–Trinajstić information content (AvgIpc) is 3.37. The molecule has 2 aromatic heterocycles. The van der Waals surface area contributed by atoms with Crippen LogP contribution in [-0.4, -0.2) is 39.0 Å². The molecule has 0 radical (unpaired) electrons. The zero-order valence-electron chi connectivity index (χ0n) is 20.1. The molecule has 0 saturated carbocycles. The van der Waals surface area contributed by atoms with Gasteiger partial charge in [0, 0.05) is 18.0 Å². The van der Waals surface area contributed by atoms with Crippen molar-refractivity contribution in [1.82, 2.24) is 14.8 Å². The van der Waals surface area contributed by atoms with E-state index in [1.54, 1.807) is 18.5 Å². The minimum absolute atomic E-state index is 0.0278. The number of aromatic nitrogens is 3. The van der Waals surface area contributed by atoms with Gasteiger partial charge in [-0.2, -0.15) is 0 Å². The van der Waals surface area contributed by atoms with Crippen LogP contribution in [0.4, 0.5) is 9.39 Å². The predicted molar refractivity (Wildman–Crippen MR) is 138 cm³/mol. The lowest BCUT2D eigenvalue weighted by molar-refractivity contribution is -0.113. The van der Waals surface area contributed by atoms with E-state index in [1.165, 1.54) is 41.3 Å². The van der Waals surface area contributed by atoms with Crippen LogP contribution >= 0.6 is 34.7 Å². The van der Waals surface area contributed by atoms with Crippen molar-refractivity contribution in [3.8, 4) is 5.75 Å². The molecule has 1 unspecified atom stereocenters. The van der Waals surface area contributed by atoms with Crippen molar-refractivity contribution in [2.24, 2.45) is 13.0 Å². The number of carbonyl (C=O) groups excluding carboxylic acids is 2. The molecule has 192 valence electrons. The molecule has 12 heteroatoms. The van der Waals surface area contributed by atoms with Gasteiger partial charge in [0.15, 0.2) is 11.0 Å². The normalized spacial score (nSPS) is 14.9. The largest absolute Gasteiger partial charge is 0.486 e. The number of nitrogens with one attached hydrogen (secondary N) is 1. The second-order valence-corrected chi connectivity index (χ2v) is 10.9. The van der Waals surface area contributed by atoms with Gasteiger partial charge in [0.1, 0.15) is 23.2 Å². The summed E-state index contributed by atoms with van der Waals surface area (Å²) in [6, 6.07) is 4.10. The zero-order valence-corrected chi connectivity index (χ0v) is 22.5. The maximum Gasteiger partial charge on any atom is 0.341 e. The van der Waals surface area contributed by atoms with Crippen molar-refractivity contribution in [1.29, 1.82) is 0 Å². The topological polar surface area (TPSA) is 95.3 Å². The monoisotopic (exact) mass is 552 g/mol. The number of benzene rings is 1. The molecule has 36 heavy (non-hydrogen) atoms. The first kappa shape index (κ1) is 26.4. The summed E-state index contributed by atoms with van der Waals surface area (Å²) in [7, 11) is 1.77. The third-order valence-corrected chi connectivity index (χ3v) is 8.24. The Labute approximate surface area is 221 Å². The van der Waals surface area contributed by atoms with E-state index < -0.39 is 11.8 Å². The first-order valence-corrected chi connectivity index (χ1v) is 13.6. The molecule has 8 nitrogen and oxygen atoms in total. The zero-order chi connectivity index (χ0) is 25.8. The summed E-state index contributed by atoms with van der Waals surface area (Å²) in [5, 5.41) is 12.2. The Hall–Kier alpha value is -2.63. The van der Waals surface area contributed by atoms with Crippen LogP contribution in [0.5, 0.6) is 5.75 Å². The van der Waals surface area contributed by atoms with Crippen LogP contribution in [0.2, 0.25) is 5.02 Å². The third kappa shape index (κ3) is 6.01. The van der Waals surface area contributed by atoms with Crippen molar-refractivity contribution in [2.45, 2.75) is 44.9 Å². The van der Waals surface area contributed by atoms with Gasteiger partial charge >= 0.3 is 5.97 Å². The summed E-state index contributed by atoms with van der Waals surface area (Å²) < 4.78 is 25.9. The lowest BCUT2D eigenvalue weighted by Crippen LogP contribution is -2.18. The van der Waals surface area contributed by atoms with Gasteiger partial charge in [0.2, 0.25) is 5.91 Å². The van der Waals surface area contributed by atoms with Crippen LogP contribution in [0.25, 0.3) is 0 Å². The van der Waals surface area contributed by atoms with Crippen LogP contribution in [0, 0.1) is 11.7 Å². The second-order valence-electron chi connectivity index (χ2n) is 8.44. The number of carbonyl (C=O) groups is 2. The minimum Gasteiger partial charge on any atom is -0.486 e. The van der Waals surface area contributed by atoms with E-state index in [1.807, 2.05) is 0 Å². The van der Waals surface area contributed by atoms with E-state index >= 15 is 0 Å². The van der Waals surface area contributed by atoms with Crippen molar-refractivity contribution < 1.29 is 23.5 Å².